The second kappa shape index (κ2) is 40.4. The maximum atomic E-state index is 12.9. The molecule has 12 heterocycles. The molecule has 20 rings (SSSR count). The van der Waals surface area contributed by atoms with Gasteiger partial charge < -0.3 is 76.3 Å². The minimum absolute atomic E-state index is 0.0406. The molecule has 133 heavy (non-hydrogen) atoms. The maximum Gasteiger partial charge on any atom is 0.342 e. The van der Waals surface area contributed by atoms with E-state index < -0.39 is 36.0 Å². The molecule has 4 saturated heterocycles. The van der Waals surface area contributed by atoms with Crippen LogP contribution in [-0.2, 0) is 38.0 Å². The summed E-state index contributed by atoms with van der Waals surface area (Å²) in [5.41, 5.74) is 9.49. The monoisotopic (exact) mass is 1800 g/mol. The summed E-state index contributed by atoms with van der Waals surface area (Å²) in [5, 5.41) is 54.3. The number of fused-ring (bicyclic) bond motifs is 12. The molecule has 16 aromatic rings. The zero-order valence-electron chi connectivity index (χ0n) is 74.3. The van der Waals surface area contributed by atoms with Crippen molar-refractivity contribution < 1.29 is 95.3 Å². The van der Waals surface area contributed by atoms with Crippen molar-refractivity contribution in [3.63, 3.8) is 0 Å². The molecular weight excluding hydrogens is 1700 g/mol. The molecule has 4 fully saturated rings. The first-order chi connectivity index (χ1) is 64.9. The number of amides is 2. The van der Waals surface area contributed by atoms with Crippen molar-refractivity contribution >= 4 is 123 Å². The van der Waals surface area contributed by atoms with Crippen LogP contribution in [0.15, 0.2) is 238 Å². The standard InChI is InChI=1S/C27H27N3O5.C26H25N3O5.2C25H24N2O5/c1-3-34-27(33)21-16-35-26-20-7-5-4-6-19(20)25(32)23(22(21)26)24(18-8-10-28-11-9-18)30-14-12-29(13-15-30)17(2)31;1-16(30)28-11-13-29(14-12-28)23(17-7-9-27-10-8-17)22-21-20(26(32)33-2)15-34-25(21)19-6-4-3-5-18(19)24(22)31;2*1-2-31-25(29)19-15-32-24-18-6-4-3-5-17(18)23(28)21(20(19)24)22(16-7-9-26-10-8-16)27-11-13-30-14-12-27/h4-11,16,24,32H,3,12-15H2,1-2H3;3-10,15,23,31H,11-14H2,1-2H3;2*3-10,15,22,28H,2,11-14H2,1H3. The Kier molecular flexibility index (Phi) is 27.4. The fraction of sp³-hybridized carbons (Fsp3) is 0.282. The van der Waals surface area contributed by atoms with E-state index in [4.69, 9.17) is 46.1 Å². The van der Waals surface area contributed by atoms with Gasteiger partial charge in [-0.05, 0) is 91.6 Å². The van der Waals surface area contributed by atoms with Gasteiger partial charge in [-0.25, -0.2) is 19.2 Å². The number of hydrogen-bond donors (Lipinski definition) is 4. The van der Waals surface area contributed by atoms with E-state index in [-0.39, 0.29) is 77.8 Å². The number of phenolic OH excluding ortho intramolecular Hbond substituents is 4. The van der Waals surface area contributed by atoms with Gasteiger partial charge in [0, 0.05) is 229 Å². The normalized spacial score (nSPS) is 15.6. The molecular formula is C103H100N10O20. The molecule has 682 valence electrons. The lowest BCUT2D eigenvalue weighted by Gasteiger charge is -2.40. The summed E-state index contributed by atoms with van der Waals surface area (Å²) in [7, 11) is 1.32. The Labute approximate surface area is 763 Å². The van der Waals surface area contributed by atoms with Gasteiger partial charge in [0.2, 0.25) is 11.8 Å². The highest BCUT2D eigenvalue weighted by atomic mass is 16.5. The Bertz CT molecular complexity index is 6740. The van der Waals surface area contributed by atoms with Gasteiger partial charge in [0.1, 0.15) is 92.6 Å². The van der Waals surface area contributed by atoms with Gasteiger partial charge in [-0.15, -0.1) is 0 Å². The molecule has 0 radical (unpaired) electrons. The largest absolute Gasteiger partial charge is 0.507 e. The van der Waals surface area contributed by atoms with Gasteiger partial charge >= 0.3 is 23.9 Å². The number of piperazine rings is 2. The van der Waals surface area contributed by atoms with Gasteiger partial charge in [0.15, 0.2) is 0 Å². The Morgan fingerprint density at radius 2 is 0.534 bits per heavy atom. The predicted molar refractivity (Wildman–Crippen MR) is 498 cm³/mol. The number of methoxy groups -OCH3 is 1. The lowest BCUT2D eigenvalue weighted by atomic mass is 9.89. The van der Waals surface area contributed by atoms with Crippen LogP contribution in [0, 0.1) is 0 Å². The van der Waals surface area contributed by atoms with Crippen molar-refractivity contribution in [1.82, 2.24) is 49.3 Å². The number of pyridine rings is 4. The van der Waals surface area contributed by atoms with E-state index in [1.165, 1.54) is 32.2 Å². The van der Waals surface area contributed by atoms with Gasteiger partial charge in [0.05, 0.1) is 77.5 Å². The van der Waals surface area contributed by atoms with Crippen molar-refractivity contribution in [1.29, 1.82) is 0 Å². The highest BCUT2D eigenvalue weighted by Crippen LogP contribution is 2.52. The van der Waals surface area contributed by atoms with E-state index in [2.05, 4.69) is 39.5 Å². The van der Waals surface area contributed by atoms with Crippen molar-refractivity contribution in [3.05, 3.63) is 287 Å². The fourth-order valence-electron chi connectivity index (χ4n) is 19.0. The summed E-state index contributed by atoms with van der Waals surface area (Å²) >= 11 is 0. The SMILES string of the molecule is CCOC(=O)c1coc2c1c(C(c1ccncc1)N1CCN(C(C)=O)CC1)c(O)c1ccccc12.CCOC(=O)c1coc2c1c(C(c1ccncc1)N1CCOCC1)c(O)c1ccccc12.CCOC(=O)c1coc2c1c(C(c1ccncc1)N1CCOCC1)c(O)c1ccccc12.COC(=O)c1coc2c1c(C(c1ccncc1)N1CCN(C(C)=O)CC1)c(O)c1ccccc12. The van der Waals surface area contributed by atoms with Crippen LogP contribution in [0.25, 0.3) is 87.0 Å². The van der Waals surface area contributed by atoms with E-state index in [0.29, 0.717) is 215 Å². The van der Waals surface area contributed by atoms with Crippen LogP contribution in [0.1, 0.15) is 145 Å². The van der Waals surface area contributed by atoms with Gasteiger partial charge in [0.25, 0.3) is 0 Å². The van der Waals surface area contributed by atoms with Gasteiger partial charge in [-0.3, -0.25) is 49.1 Å². The zero-order valence-corrected chi connectivity index (χ0v) is 74.3. The van der Waals surface area contributed by atoms with Crippen molar-refractivity contribution in [2.45, 2.75) is 58.8 Å². The van der Waals surface area contributed by atoms with Crippen molar-refractivity contribution in [3.8, 4) is 23.0 Å². The lowest BCUT2D eigenvalue weighted by molar-refractivity contribution is -0.131. The Balaban J connectivity index is 0.000000124. The maximum absolute atomic E-state index is 12.9. The Morgan fingerprint density at radius 3 is 0.752 bits per heavy atom. The smallest absolute Gasteiger partial charge is 0.342 e. The first-order valence-corrected chi connectivity index (χ1v) is 44.3. The molecule has 0 saturated carbocycles. The summed E-state index contributed by atoms with van der Waals surface area (Å²) in [6, 6.07) is 43.8. The van der Waals surface area contributed by atoms with Crippen LogP contribution in [0.2, 0.25) is 0 Å². The quantitative estimate of drug-likeness (QED) is 0.0431. The number of hydrogen-bond acceptors (Lipinski definition) is 28. The van der Waals surface area contributed by atoms with Gasteiger partial charge in [-0.2, -0.15) is 0 Å². The van der Waals surface area contributed by atoms with E-state index in [1.807, 2.05) is 155 Å². The van der Waals surface area contributed by atoms with Crippen molar-refractivity contribution in [2.75, 3.05) is 132 Å². The molecule has 30 nitrogen and oxygen atoms in total. The molecule has 4 atom stereocenters. The van der Waals surface area contributed by atoms with E-state index in [1.54, 1.807) is 84.2 Å². The molecule has 8 aromatic carbocycles. The zero-order chi connectivity index (χ0) is 92.5. The first kappa shape index (κ1) is 90.3. The van der Waals surface area contributed by atoms with Crippen LogP contribution in [-0.4, -0.2) is 237 Å². The number of carbonyl (C=O) groups is 6. The number of ether oxygens (including phenoxy) is 6. The average Bonchev–Trinajstić information content (AvgIpc) is 1.67. The third-order valence-corrected chi connectivity index (χ3v) is 25.1. The van der Waals surface area contributed by atoms with Crippen LogP contribution >= 0.6 is 0 Å². The highest BCUT2D eigenvalue weighted by molar-refractivity contribution is 6.20. The van der Waals surface area contributed by atoms with E-state index >= 15 is 0 Å². The highest BCUT2D eigenvalue weighted by Gasteiger charge is 2.40. The van der Waals surface area contributed by atoms with Crippen LogP contribution < -0.4 is 0 Å². The molecule has 4 aliphatic heterocycles. The number of furan rings is 4. The number of nitrogens with zero attached hydrogens (tertiary/aromatic N) is 10. The number of phenols is 4. The summed E-state index contributed by atoms with van der Waals surface area (Å²) in [4.78, 5) is 104. The minimum Gasteiger partial charge on any atom is -0.507 e. The molecule has 2 amide bonds. The molecule has 0 bridgehead atoms. The molecule has 0 aliphatic carbocycles. The molecule has 30 heteroatoms. The molecule has 0 spiro atoms. The number of esters is 4. The average molecular weight is 1800 g/mol. The molecule has 4 unspecified atom stereocenters. The second-order valence-electron chi connectivity index (χ2n) is 32.4. The van der Waals surface area contributed by atoms with E-state index in [9.17, 15) is 49.2 Å². The first-order valence-electron chi connectivity index (χ1n) is 44.3. The summed E-state index contributed by atoms with van der Waals surface area (Å²) in [6.45, 7) is 19.0. The number of aromatic nitrogens is 4. The predicted octanol–water partition coefficient (Wildman–Crippen LogP) is 16.4. The molecule has 8 aromatic heterocycles. The van der Waals surface area contributed by atoms with Crippen LogP contribution in [0.5, 0.6) is 23.0 Å². The summed E-state index contributed by atoms with van der Waals surface area (Å²) in [6.07, 6.45) is 19.5. The van der Waals surface area contributed by atoms with Crippen LogP contribution in [0.3, 0.4) is 0 Å². The topological polar surface area (TPSA) is 362 Å². The Hall–Kier alpha value is -14.7. The fourth-order valence-corrected chi connectivity index (χ4v) is 19.0. The third kappa shape index (κ3) is 17.8. The number of aromatic hydroxyl groups is 4. The lowest BCUT2D eigenvalue weighted by Crippen LogP contribution is -2.49. The second-order valence-corrected chi connectivity index (χ2v) is 32.4. The number of benzene rings is 8. The molecule has 4 N–H and O–H groups in total. The van der Waals surface area contributed by atoms with E-state index in [0.717, 1.165) is 33.0 Å². The summed E-state index contributed by atoms with van der Waals surface area (Å²) in [5.74, 6) is -1.46. The van der Waals surface area contributed by atoms with Crippen molar-refractivity contribution in [2.24, 2.45) is 0 Å². The number of rotatable bonds is 19. The minimum atomic E-state index is -0.537. The van der Waals surface area contributed by atoms with Gasteiger partial charge in [-0.1, -0.05) is 97.1 Å². The third-order valence-electron chi connectivity index (χ3n) is 25.1. The Morgan fingerprint density at radius 1 is 0.316 bits per heavy atom. The number of morpholine rings is 2. The van der Waals surface area contributed by atoms with Crippen LogP contribution in [0.4, 0.5) is 0 Å². The summed E-state index contributed by atoms with van der Waals surface area (Å²) < 4.78 is 55.9. The molecule has 4 aliphatic rings. The number of carbonyl (C=O) groups excluding carboxylic acids is 6.